The third-order valence-electron chi connectivity index (χ3n) is 2.94. The second-order valence-electron chi connectivity index (χ2n) is 4.87. The van der Waals surface area contributed by atoms with Crippen molar-refractivity contribution in [3.8, 4) is 0 Å². The average molecular weight is 250 g/mol. The minimum atomic E-state index is -0.916. The van der Waals surface area contributed by atoms with Crippen LogP contribution < -0.4 is 0 Å². The first kappa shape index (κ1) is 14.2. The SMILES string of the molecule is CN(C(=O)Cc1cccnc1)C(C)(C)CC(=O)O. The van der Waals surface area contributed by atoms with E-state index < -0.39 is 11.5 Å². The Labute approximate surface area is 106 Å². The summed E-state index contributed by atoms with van der Waals surface area (Å²) >= 11 is 0. The van der Waals surface area contributed by atoms with Gasteiger partial charge in [-0.1, -0.05) is 6.07 Å². The van der Waals surface area contributed by atoms with Crippen LogP contribution in [0.1, 0.15) is 25.8 Å². The van der Waals surface area contributed by atoms with Gasteiger partial charge in [-0.2, -0.15) is 0 Å². The predicted molar refractivity (Wildman–Crippen MR) is 67.0 cm³/mol. The molecule has 0 radical (unpaired) electrons. The lowest BCUT2D eigenvalue weighted by atomic mass is 9.98. The Morgan fingerprint density at radius 1 is 1.44 bits per heavy atom. The standard InChI is InChI=1S/C13H18N2O3/c1-13(2,8-12(17)18)15(3)11(16)7-10-5-4-6-14-9-10/h4-6,9H,7-8H2,1-3H3,(H,17,18). The zero-order valence-corrected chi connectivity index (χ0v) is 10.9. The average Bonchev–Trinajstić information content (AvgIpc) is 2.27. The highest BCUT2D eigenvalue weighted by atomic mass is 16.4. The van der Waals surface area contributed by atoms with Crippen LogP contribution in [0.3, 0.4) is 0 Å². The van der Waals surface area contributed by atoms with Crippen molar-refractivity contribution >= 4 is 11.9 Å². The number of carboxylic acids is 1. The number of carbonyl (C=O) groups excluding carboxylic acids is 1. The second-order valence-corrected chi connectivity index (χ2v) is 4.87. The van der Waals surface area contributed by atoms with Crippen LogP contribution in [0.15, 0.2) is 24.5 Å². The molecule has 0 unspecified atom stereocenters. The summed E-state index contributed by atoms with van der Waals surface area (Å²) in [6.45, 7) is 3.48. The number of likely N-dealkylation sites (N-methyl/N-ethyl adjacent to an activating group) is 1. The number of nitrogens with zero attached hydrogens (tertiary/aromatic N) is 2. The summed E-state index contributed by atoms with van der Waals surface area (Å²) in [7, 11) is 1.63. The molecule has 0 bridgehead atoms. The quantitative estimate of drug-likeness (QED) is 0.856. The molecule has 5 heteroatoms. The highest BCUT2D eigenvalue weighted by molar-refractivity contribution is 5.80. The number of carbonyl (C=O) groups is 2. The van der Waals surface area contributed by atoms with Gasteiger partial charge in [0.05, 0.1) is 12.8 Å². The lowest BCUT2D eigenvalue weighted by molar-refractivity contribution is -0.142. The molecule has 0 spiro atoms. The summed E-state index contributed by atoms with van der Waals surface area (Å²) in [6, 6.07) is 3.59. The molecule has 0 aliphatic heterocycles. The van der Waals surface area contributed by atoms with E-state index in [-0.39, 0.29) is 18.7 Å². The number of pyridine rings is 1. The lowest BCUT2D eigenvalue weighted by Crippen LogP contribution is -2.47. The molecule has 0 aromatic carbocycles. The molecule has 1 heterocycles. The molecule has 0 aliphatic rings. The van der Waals surface area contributed by atoms with Crippen LogP contribution in [0.2, 0.25) is 0 Å². The minimum absolute atomic E-state index is 0.0811. The Hall–Kier alpha value is -1.91. The Balaban J connectivity index is 2.69. The monoisotopic (exact) mass is 250 g/mol. The number of amides is 1. The van der Waals surface area contributed by atoms with Crippen LogP contribution in [0.25, 0.3) is 0 Å². The van der Waals surface area contributed by atoms with E-state index in [1.54, 1.807) is 39.4 Å². The van der Waals surface area contributed by atoms with Gasteiger partial charge in [0.25, 0.3) is 0 Å². The summed E-state index contributed by atoms with van der Waals surface area (Å²) in [5.74, 6) is -1.03. The Morgan fingerprint density at radius 2 is 2.11 bits per heavy atom. The van der Waals surface area contributed by atoms with Gasteiger partial charge >= 0.3 is 5.97 Å². The summed E-state index contributed by atoms with van der Waals surface area (Å²) in [5.41, 5.74) is 0.117. The van der Waals surface area contributed by atoms with Crippen LogP contribution in [0.5, 0.6) is 0 Å². The molecule has 0 saturated carbocycles. The number of rotatable bonds is 5. The number of aliphatic carboxylic acids is 1. The summed E-state index contributed by atoms with van der Waals surface area (Å²) in [4.78, 5) is 28.2. The van der Waals surface area contributed by atoms with Crippen molar-refractivity contribution in [2.45, 2.75) is 32.2 Å². The summed E-state index contributed by atoms with van der Waals surface area (Å²) < 4.78 is 0. The minimum Gasteiger partial charge on any atom is -0.481 e. The smallest absolute Gasteiger partial charge is 0.305 e. The van der Waals surface area contributed by atoms with Crippen LogP contribution in [-0.4, -0.2) is 39.5 Å². The largest absolute Gasteiger partial charge is 0.481 e. The van der Waals surface area contributed by atoms with Gasteiger partial charge in [0.15, 0.2) is 0 Å². The first-order valence-corrected chi connectivity index (χ1v) is 5.70. The second kappa shape index (κ2) is 5.62. The molecular formula is C13H18N2O3. The normalized spacial score (nSPS) is 11.1. The van der Waals surface area contributed by atoms with Gasteiger partial charge in [-0.25, -0.2) is 0 Å². The third kappa shape index (κ3) is 3.84. The topological polar surface area (TPSA) is 70.5 Å². The maximum Gasteiger partial charge on any atom is 0.305 e. The van der Waals surface area contributed by atoms with Crippen LogP contribution in [-0.2, 0) is 16.0 Å². The van der Waals surface area contributed by atoms with E-state index in [0.717, 1.165) is 5.56 Å². The number of aromatic nitrogens is 1. The van der Waals surface area contributed by atoms with E-state index in [1.807, 2.05) is 6.07 Å². The maximum absolute atomic E-state index is 12.0. The fourth-order valence-electron chi connectivity index (χ4n) is 1.62. The molecule has 0 atom stereocenters. The molecule has 1 aromatic rings. The molecule has 18 heavy (non-hydrogen) atoms. The van der Waals surface area contributed by atoms with Crippen molar-refractivity contribution in [1.82, 2.24) is 9.88 Å². The summed E-state index contributed by atoms with van der Waals surface area (Å²) in [5, 5.41) is 8.82. The first-order valence-electron chi connectivity index (χ1n) is 5.70. The van der Waals surface area contributed by atoms with Crippen molar-refractivity contribution in [3.05, 3.63) is 30.1 Å². The zero-order chi connectivity index (χ0) is 13.8. The number of hydrogen-bond donors (Lipinski definition) is 1. The van der Waals surface area contributed by atoms with E-state index in [2.05, 4.69) is 4.98 Å². The Kier molecular flexibility index (Phi) is 4.42. The molecular weight excluding hydrogens is 232 g/mol. The third-order valence-corrected chi connectivity index (χ3v) is 2.94. The maximum atomic E-state index is 12.0. The van der Waals surface area contributed by atoms with Gasteiger partial charge in [-0.05, 0) is 25.5 Å². The predicted octanol–water partition coefficient (Wildman–Crippen LogP) is 1.34. The fraction of sp³-hybridized carbons (Fsp3) is 0.462. The van der Waals surface area contributed by atoms with E-state index in [1.165, 1.54) is 4.90 Å². The summed E-state index contributed by atoms with van der Waals surface area (Å²) in [6.07, 6.45) is 3.43. The van der Waals surface area contributed by atoms with E-state index in [9.17, 15) is 9.59 Å². The molecule has 1 aromatic heterocycles. The first-order chi connectivity index (χ1) is 8.33. The van der Waals surface area contributed by atoms with Crippen molar-refractivity contribution < 1.29 is 14.7 Å². The highest BCUT2D eigenvalue weighted by Crippen LogP contribution is 2.18. The Morgan fingerprint density at radius 3 is 2.61 bits per heavy atom. The van der Waals surface area contributed by atoms with Crippen LogP contribution in [0, 0.1) is 0 Å². The van der Waals surface area contributed by atoms with Crippen LogP contribution in [0.4, 0.5) is 0 Å². The van der Waals surface area contributed by atoms with Crippen LogP contribution >= 0.6 is 0 Å². The molecule has 0 fully saturated rings. The van der Waals surface area contributed by atoms with Gasteiger partial charge in [0.1, 0.15) is 0 Å². The van der Waals surface area contributed by atoms with Crippen molar-refractivity contribution in [1.29, 1.82) is 0 Å². The van der Waals surface area contributed by atoms with Crippen molar-refractivity contribution in [3.63, 3.8) is 0 Å². The molecule has 1 amide bonds. The van der Waals surface area contributed by atoms with Gasteiger partial charge in [-0.3, -0.25) is 14.6 Å². The molecule has 1 N–H and O–H groups in total. The molecule has 5 nitrogen and oxygen atoms in total. The van der Waals surface area contributed by atoms with Crippen molar-refractivity contribution in [2.75, 3.05) is 7.05 Å². The fourth-order valence-corrected chi connectivity index (χ4v) is 1.62. The molecule has 0 aliphatic carbocycles. The molecule has 98 valence electrons. The van der Waals surface area contributed by atoms with Gasteiger partial charge in [0, 0.05) is 25.0 Å². The Bertz CT molecular complexity index is 429. The molecule has 1 rings (SSSR count). The van der Waals surface area contributed by atoms with Gasteiger partial charge < -0.3 is 10.0 Å². The van der Waals surface area contributed by atoms with E-state index in [0.29, 0.717) is 0 Å². The number of carboxylic acid groups (broad SMARTS) is 1. The lowest BCUT2D eigenvalue weighted by Gasteiger charge is -2.34. The number of hydrogen-bond acceptors (Lipinski definition) is 3. The highest BCUT2D eigenvalue weighted by Gasteiger charge is 2.29. The van der Waals surface area contributed by atoms with Crippen molar-refractivity contribution in [2.24, 2.45) is 0 Å². The van der Waals surface area contributed by atoms with Gasteiger partial charge in [-0.15, -0.1) is 0 Å². The zero-order valence-electron chi connectivity index (χ0n) is 10.9. The van der Waals surface area contributed by atoms with E-state index >= 15 is 0 Å². The van der Waals surface area contributed by atoms with Gasteiger partial charge in [0.2, 0.25) is 5.91 Å². The molecule has 0 saturated heterocycles. The van der Waals surface area contributed by atoms with E-state index in [4.69, 9.17) is 5.11 Å².